The molecule has 1 heterocycles. The number of carbonyl (C=O) groups excluding carboxylic acids is 1. The lowest BCUT2D eigenvalue weighted by atomic mass is 10.1. The van der Waals surface area contributed by atoms with Gasteiger partial charge in [-0.1, -0.05) is 42.5 Å². The van der Waals surface area contributed by atoms with Gasteiger partial charge < -0.3 is 4.74 Å². The number of hydrogen-bond donors (Lipinski definition) is 1. The van der Waals surface area contributed by atoms with E-state index in [2.05, 4.69) is 9.62 Å². The van der Waals surface area contributed by atoms with Crippen molar-refractivity contribution in [1.29, 1.82) is 0 Å². The number of Topliss-reactive ketones (excluding diaryl/α,β-unsaturated/α-hetero) is 1. The fraction of sp³-hybridized carbons (Fsp3) is 0.350. The van der Waals surface area contributed by atoms with E-state index in [1.165, 1.54) is 31.2 Å². The van der Waals surface area contributed by atoms with Crippen LogP contribution >= 0.6 is 0 Å². The van der Waals surface area contributed by atoms with Gasteiger partial charge in [0.05, 0.1) is 24.2 Å². The lowest BCUT2D eigenvalue weighted by Crippen LogP contribution is -2.43. The van der Waals surface area contributed by atoms with Crippen molar-refractivity contribution in [1.82, 2.24) is 9.62 Å². The summed E-state index contributed by atoms with van der Waals surface area (Å²) in [4.78, 5) is 13.8. The molecule has 2 aromatic rings. The topological polar surface area (TPSA) is 75.7 Å². The summed E-state index contributed by atoms with van der Waals surface area (Å²) in [5.74, 6) is -0.0959. The van der Waals surface area contributed by atoms with Gasteiger partial charge in [-0.15, -0.1) is 0 Å². The molecule has 0 saturated carbocycles. The Balaban J connectivity index is 1.82. The SMILES string of the molecule is CC(=O)c1ccc(S(=O)(=O)N[C@@H](CN2CCOCC2)c2ccccc2)cc1. The largest absolute Gasteiger partial charge is 0.379 e. The predicted molar refractivity (Wildman–Crippen MR) is 103 cm³/mol. The van der Waals surface area contributed by atoms with Crippen LogP contribution in [0.2, 0.25) is 0 Å². The first-order valence-electron chi connectivity index (χ1n) is 8.94. The molecule has 0 radical (unpaired) electrons. The van der Waals surface area contributed by atoms with E-state index in [1.807, 2.05) is 30.3 Å². The number of benzene rings is 2. The molecule has 2 aromatic carbocycles. The molecule has 0 aliphatic carbocycles. The van der Waals surface area contributed by atoms with Crippen LogP contribution in [0.3, 0.4) is 0 Å². The molecule has 6 nitrogen and oxygen atoms in total. The second kappa shape index (κ2) is 8.75. The van der Waals surface area contributed by atoms with Crippen molar-refractivity contribution in [3.05, 3.63) is 65.7 Å². The normalized spacial score (nSPS) is 16.8. The van der Waals surface area contributed by atoms with Crippen molar-refractivity contribution in [2.24, 2.45) is 0 Å². The molecule has 27 heavy (non-hydrogen) atoms. The van der Waals surface area contributed by atoms with Gasteiger partial charge >= 0.3 is 0 Å². The molecule has 7 heteroatoms. The quantitative estimate of drug-likeness (QED) is 0.736. The number of rotatable bonds is 7. The molecule has 0 spiro atoms. The predicted octanol–water partition coefficient (Wildman–Crippen LogP) is 2.24. The number of morpholine rings is 1. The third kappa shape index (κ3) is 5.23. The smallest absolute Gasteiger partial charge is 0.241 e. The van der Waals surface area contributed by atoms with Crippen LogP contribution in [0.15, 0.2) is 59.5 Å². The third-order valence-electron chi connectivity index (χ3n) is 4.61. The molecule has 1 aliphatic heterocycles. The van der Waals surface area contributed by atoms with E-state index < -0.39 is 10.0 Å². The van der Waals surface area contributed by atoms with Crippen molar-refractivity contribution in [2.45, 2.75) is 17.9 Å². The van der Waals surface area contributed by atoms with Crippen LogP contribution in [0.1, 0.15) is 28.9 Å². The molecular weight excluding hydrogens is 364 g/mol. The highest BCUT2D eigenvalue weighted by Crippen LogP contribution is 2.20. The average molecular weight is 388 g/mol. The summed E-state index contributed by atoms with van der Waals surface area (Å²) in [6.45, 7) is 4.88. The molecule has 0 unspecified atom stereocenters. The van der Waals surface area contributed by atoms with Gasteiger partial charge in [0, 0.05) is 25.2 Å². The standard InChI is InChI=1S/C20H24N2O4S/c1-16(23)17-7-9-19(10-8-17)27(24,25)21-20(18-5-3-2-4-6-18)15-22-11-13-26-14-12-22/h2-10,20-21H,11-15H2,1H3/t20-/m0/s1. The van der Waals surface area contributed by atoms with Crippen LogP contribution in [-0.2, 0) is 14.8 Å². The zero-order valence-electron chi connectivity index (χ0n) is 15.3. The highest BCUT2D eigenvalue weighted by molar-refractivity contribution is 7.89. The Morgan fingerprint density at radius 1 is 1.07 bits per heavy atom. The van der Waals surface area contributed by atoms with E-state index in [0.29, 0.717) is 25.3 Å². The lowest BCUT2D eigenvalue weighted by molar-refractivity contribution is 0.0345. The minimum absolute atomic E-state index is 0.0959. The number of ether oxygens (including phenoxy) is 1. The van der Waals surface area contributed by atoms with Gasteiger partial charge in [0.15, 0.2) is 5.78 Å². The monoisotopic (exact) mass is 388 g/mol. The summed E-state index contributed by atoms with van der Waals surface area (Å²) in [6, 6.07) is 15.2. The van der Waals surface area contributed by atoms with Gasteiger partial charge in [0.2, 0.25) is 10.0 Å². The van der Waals surface area contributed by atoms with Crippen molar-refractivity contribution in [2.75, 3.05) is 32.8 Å². The van der Waals surface area contributed by atoms with Gasteiger partial charge in [0.25, 0.3) is 0 Å². The zero-order valence-corrected chi connectivity index (χ0v) is 16.1. The second-order valence-electron chi connectivity index (χ2n) is 6.58. The van der Waals surface area contributed by atoms with Crippen LogP contribution in [0, 0.1) is 0 Å². The molecule has 0 aromatic heterocycles. The fourth-order valence-corrected chi connectivity index (χ4v) is 4.28. The van der Waals surface area contributed by atoms with Gasteiger partial charge in [-0.2, -0.15) is 0 Å². The molecule has 1 fully saturated rings. The first-order valence-corrected chi connectivity index (χ1v) is 10.4. The minimum Gasteiger partial charge on any atom is -0.379 e. The Kier molecular flexibility index (Phi) is 6.38. The highest BCUT2D eigenvalue weighted by atomic mass is 32.2. The maximum atomic E-state index is 12.9. The van der Waals surface area contributed by atoms with E-state index in [-0.39, 0.29) is 16.7 Å². The molecule has 1 atom stereocenters. The summed E-state index contributed by atoms with van der Waals surface area (Å²) in [5.41, 5.74) is 1.40. The number of sulfonamides is 1. The second-order valence-corrected chi connectivity index (χ2v) is 8.29. The highest BCUT2D eigenvalue weighted by Gasteiger charge is 2.24. The number of carbonyl (C=O) groups is 1. The summed E-state index contributed by atoms with van der Waals surface area (Å²) >= 11 is 0. The Morgan fingerprint density at radius 3 is 2.30 bits per heavy atom. The van der Waals surface area contributed by atoms with Crippen LogP contribution < -0.4 is 4.72 Å². The Bertz CT molecular complexity index is 861. The fourth-order valence-electron chi connectivity index (χ4n) is 3.06. The van der Waals surface area contributed by atoms with Gasteiger partial charge in [-0.3, -0.25) is 9.69 Å². The van der Waals surface area contributed by atoms with Crippen LogP contribution in [0.5, 0.6) is 0 Å². The van der Waals surface area contributed by atoms with Crippen LogP contribution in [0.25, 0.3) is 0 Å². The molecule has 1 aliphatic rings. The summed E-state index contributed by atoms with van der Waals surface area (Å²) in [7, 11) is -3.72. The molecule has 1 saturated heterocycles. The summed E-state index contributed by atoms with van der Waals surface area (Å²) in [5, 5.41) is 0. The van der Waals surface area contributed by atoms with Crippen molar-refractivity contribution < 1.29 is 17.9 Å². The molecule has 1 N–H and O–H groups in total. The molecule has 0 amide bonds. The minimum atomic E-state index is -3.72. The van der Waals surface area contributed by atoms with Crippen molar-refractivity contribution >= 4 is 15.8 Å². The maximum absolute atomic E-state index is 12.9. The number of nitrogens with one attached hydrogen (secondary N) is 1. The van der Waals surface area contributed by atoms with Gasteiger partial charge in [-0.05, 0) is 24.6 Å². The molecular formula is C20H24N2O4S. The van der Waals surface area contributed by atoms with E-state index in [4.69, 9.17) is 4.74 Å². The van der Waals surface area contributed by atoms with Crippen molar-refractivity contribution in [3.63, 3.8) is 0 Å². The van der Waals surface area contributed by atoms with Crippen LogP contribution in [0.4, 0.5) is 0 Å². The van der Waals surface area contributed by atoms with E-state index in [1.54, 1.807) is 0 Å². The van der Waals surface area contributed by atoms with E-state index >= 15 is 0 Å². The third-order valence-corrected chi connectivity index (χ3v) is 6.10. The molecule has 144 valence electrons. The first kappa shape index (κ1) is 19.7. The first-order chi connectivity index (χ1) is 13.0. The van der Waals surface area contributed by atoms with E-state index in [9.17, 15) is 13.2 Å². The van der Waals surface area contributed by atoms with Crippen molar-refractivity contribution in [3.8, 4) is 0 Å². The van der Waals surface area contributed by atoms with Crippen LogP contribution in [-0.4, -0.2) is 51.9 Å². The number of hydrogen-bond acceptors (Lipinski definition) is 5. The Hall–Kier alpha value is -2.06. The lowest BCUT2D eigenvalue weighted by Gasteiger charge is -2.31. The summed E-state index contributed by atoms with van der Waals surface area (Å²) in [6.07, 6.45) is 0. The van der Waals surface area contributed by atoms with E-state index in [0.717, 1.165) is 18.7 Å². The molecule has 3 rings (SSSR count). The molecule has 0 bridgehead atoms. The maximum Gasteiger partial charge on any atom is 0.241 e. The van der Waals surface area contributed by atoms with Gasteiger partial charge in [-0.25, -0.2) is 13.1 Å². The number of nitrogens with zero attached hydrogens (tertiary/aromatic N) is 1. The summed E-state index contributed by atoms with van der Waals surface area (Å²) < 4.78 is 34.0. The number of ketones is 1. The zero-order chi connectivity index (χ0) is 19.3. The average Bonchev–Trinajstić information content (AvgIpc) is 2.69. The Labute approximate surface area is 160 Å². The van der Waals surface area contributed by atoms with Gasteiger partial charge in [0.1, 0.15) is 0 Å². The Morgan fingerprint density at radius 2 is 1.70 bits per heavy atom.